The third-order valence-electron chi connectivity index (χ3n) is 5.59. The van der Waals surface area contributed by atoms with E-state index in [2.05, 4.69) is 39.1 Å². The van der Waals surface area contributed by atoms with Crippen molar-refractivity contribution in [2.24, 2.45) is 4.99 Å². The Balaban J connectivity index is 0.00000420. The maximum Gasteiger partial charge on any atom is 0.213 e. The number of nitrogens with one attached hydrogen (secondary N) is 3. The molecule has 0 aliphatic carbocycles. The average Bonchev–Trinajstić information content (AvgIpc) is 2.70. The summed E-state index contributed by atoms with van der Waals surface area (Å²) in [5, 5.41) is 6.45. The van der Waals surface area contributed by atoms with Gasteiger partial charge >= 0.3 is 0 Å². The zero-order valence-electron chi connectivity index (χ0n) is 18.2. The van der Waals surface area contributed by atoms with Crippen LogP contribution in [0.4, 0.5) is 0 Å². The highest BCUT2D eigenvalue weighted by Gasteiger charge is 2.28. The largest absolute Gasteiger partial charge is 0.377 e. The van der Waals surface area contributed by atoms with Crippen molar-refractivity contribution >= 4 is 40.0 Å². The van der Waals surface area contributed by atoms with Gasteiger partial charge in [-0.2, -0.15) is 0 Å². The molecule has 2 heterocycles. The zero-order valence-corrected chi connectivity index (χ0v) is 21.4. The molecule has 0 radical (unpaired) electrons. The van der Waals surface area contributed by atoms with Gasteiger partial charge in [0.2, 0.25) is 10.0 Å². The van der Waals surface area contributed by atoms with E-state index in [4.69, 9.17) is 4.74 Å². The minimum Gasteiger partial charge on any atom is -0.377 e. The molecule has 1 atom stereocenters. The molecule has 10 heteroatoms. The van der Waals surface area contributed by atoms with Gasteiger partial charge in [-0.05, 0) is 59.0 Å². The van der Waals surface area contributed by atoms with E-state index in [1.165, 1.54) is 19.3 Å². The molecule has 0 saturated carbocycles. The van der Waals surface area contributed by atoms with Crippen LogP contribution < -0.4 is 15.4 Å². The predicted molar refractivity (Wildman–Crippen MR) is 130 cm³/mol. The quantitative estimate of drug-likeness (QED) is 0.231. The molecule has 3 N–H and O–H groups in total. The van der Waals surface area contributed by atoms with Crippen molar-refractivity contribution in [1.29, 1.82) is 0 Å². The second-order valence-corrected chi connectivity index (χ2v) is 10.3. The summed E-state index contributed by atoms with van der Waals surface area (Å²) in [6.45, 7) is 8.90. The molecule has 0 bridgehead atoms. The monoisotopic (exact) mass is 545 g/mol. The van der Waals surface area contributed by atoms with Gasteiger partial charge < -0.3 is 15.4 Å². The third-order valence-corrected chi connectivity index (χ3v) is 6.94. The highest BCUT2D eigenvalue weighted by Crippen LogP contribution is 2.19. The van der Waals surface area contributed by atoms with E-state index in [1.807, 2.05) is 0 Å². The van der Waals surface area contributed by atoms with Crippen molar-refractivity contribution in [3.8, 4) is 0 Å². The molecule has 2 aliphatic heterocycles. The number of nitrogens with zero attached hydrogens (tertiary/aromatic N) is 2. The van der Waals surface area contributed by atoms with Gasteiger partial charge in [-0.25, -0.2) is 13.1 Å². The Morgan fingerprint density at radius 1 is 1.14 bits per heavy atom. The summed E-state index contributed by atoms with van der Waals surface area (Å²) < 4.78 is 32.6. The Hall–Kier alpha value is -0.170. The second-order valence-electron chi connectivity index (χ2n) is 8.37. The number of sulfonamides is 1. The molecular weight excluding hydrogens is 505 g/mol. The maximum atomic E-state index is 12.2. The van der Waals surface area contributed by atoms with Gasteiger partial charge in [0.25, 0.3) is 0 Å². The topological polar surface area (TPSA) is 95.1 Å². The SMILES string of the molecule is CN=C(NCCS(=O)(=O)NCC1CCCCO1)NCC(C)(C)N1CCCCC1.I. The highest BCUT2D eigenvalue weighted by atomic mass is 127. The Labute approximate surface area is 194 Å². The van der Waals surface area contributed by atoms with E-state index < -0.39 is 10.0 Å². The van der Waals surface area contributed by atoms with Crippen LogP contribution in [0.15, 0.2) is 4.99 Å². The number of halogens is 1. The predicted octanol–water partition coefficient (Wildman–Crippen LogP) is 1.52. The van der Waals surface area contributed by atoms with E-state index in [0.29, 0.717) is 19.0 Å². The molecule has 2 aliphatic rings. The number of hydrogen-bond acceptors (Lipinski definition) is 5. The number of likely N-dealkylation sites (tertiary alicyclic amines) is 1. The fourth-order valence-electron chi connectivity index (χ4n) is 3.70. The minimum absolute atomic E-state index is 0. The van der Waals surface area contributed by atoms with Crippen molar-refractivity contribution in [2.45, 2.75) is 64.0 Å². The van der Waals surface area contributed by atoms with E-state index in [-0.39, 0.29) is 41.4 Å². The first kappa shape index (κ1) is 26.9. The first-order valence-corrected chi connectivity index (χ1v) is 12.3. The summed E-state index contributed by atoms with van der Waals surface area (Å²) in [6, 6.07) is 0. The summed E-state index contributed by atoms with van der Waals surface area (Å²) in [6.07, 6.45) is 6.92. The first-order valence-electron chi connectivity index (χ1n) is 10.6. The van der Waals surface area contributed by atoms with E-state index in [1.54, 1.807) is 7.05 Å². The van der Waals surface area contributed by atoms with E-state index in [0.717, 1.165) is 45.5 Å². The molecule has 0 spiro atoms. The van der Waals surface area contributed by atoms with Crippen LogP contribution in [0.2, 0.25) is 0 Å². The average molecular weight is 546 g/mol. The molecule has 0 amide bonds. The van der Waals surface area contributed by atoms with Gasteiger partial charge in [-0.3, -0.25) is 9.89 Å². The lowest BCUT2D eigenvalue weighted by Gasteiger charge is -2.41. The minimum atomic E-state index is -3.33. The molecule has 2 fully saturated rings. The molecule has 172 valence electrons. The van der Waals surface area contributed by atoms with Crippen molar-refractivity contribution < 1.29 is 13.2 Å². The lowest BCUT2D eigenvalue weighted by Crippen LogP contribution is -2.55. The molecular formula is C19H40IN5O3S. The first-order chi connectivity index (χ1) is 13.3. The summed E-state index contributed by atoms with van der Waals surface area (Å²) in [5.41, 5.74) is 0.0334. The summed E-state index contributed by atoms with van der Waals surface area (Å²) in [5.74, 6) is 0.645. The van der Waals surface area contributed by atoms with Gasteiger partial charge in [0, 0.05) is 38.8 Å². The van der Waals surface area contributed by atoms with Crippen LogP contribution in [0.1, 0.15) is 52.4 Å². The van der Waals surface area contributed by atoms with Crippen LogP contribution in [0.25, 0.3) is 0 Å². The zero-order chi connectivity index (χ0) is 20.5. The number of aliphatic imine (C=N–C) groups is 1. The molecule has 0 aromatic carbocycles. The van der Waals surface area contributed by atoms with Crippen LogP contribution in [0.3, 0.4) is 0 Å². The summed E-state index contributed by atoms with van der Waals surface area (Å²) in [4.78, 5) is 6.73. The number of guanidine groups is 1. The van der Waals surface area contributed by atoms with Crippen molar-refractivity contribution in [3.05, 3.63) is 0 Å². The van der Waals surface area contributed by atoms with Crippen molar-refractivity contribution in [2.75, 3.05) is 52.1 Å². The number of piperidine rings is 1. The van der Waals surface area contributed by atoms with Crippen LogP contribution in [-0.2, 0) is 14.8 Å². The number of ether oxygens (including phenoxy) is 1. The lowest BCUT2D eigenvalue weighted by atomic mass is 9.98. The standard InChI is InChI=1S/C19H39N5O3S.HI/c1-19(2,24-11-6-4-7-12-24)16-22-18(20-3)21-10-14-28(25,26)23-15-17-9-5-8-13-27-17;/h17,23H,4-16H2,1-3H3,(H2,20,21,22);1H. The normalized spacial score (nSPS) is 22.0. The van der Waals surface area contributed by atoms with Crippen LogP contribution in [0.5, 0.6) is 0 Å². The van der Waals surface area contributed by atoms with Gasteiger partial charge in [0.15, 0.2) is 5.96 Å². The highest BCUT2D eigenvalue weighted by molar-refractivity contribution is 14.0. The molecule has 2 rings (SSSR count). The van der Waals surface area contributed by atoms with Crippen LogP contribution in [-0.4, -0.2) is 83.1 Å². The third kappa shape index (κ3) is 10.1. The van der Waals surface area contributed by atoms with Gasteiger partial charge in [0.1, 0.15) is 0 Å². The van der Waals surface area contributed by atoms with Crippen LogP contribution >= 0.6 is 24.0 Å². The van der Waals surface area contributed by atoms with Gasteiger partial charge in [-0.1, -0.05) is 6.42 Å². The molecule has 1 unspecified atom stereocenters. The maximum absolute atomic E-state index is 12.2. The number of rotatable bonds is 9. The lowest BCUT2D eigenvalue weighted by molar-refractivity contribution is 0.0200. The van der Waals surface area contributed by atoms with Gasteiger partial charge in [-0.15, -0.1) is 24.0 Å². The Morgan fingerprint density at radius 2 is 1.86 bits per heavy atom. The summed E-state index contributed by atoms with van der Waals surface area (Å²) in [7, 11) is -1.62. The molecule has 2 saturated heterocycles. The second kappa shape index (κ2) is 13.3. The Bertz CT molecular complexity index is 589. The smallest absolute Gasteiger partial charge is 0.213 e. The molecule has 0 aromatic heterocycles. The van der Waals surface area contributed by atoms with Gasteiger partial charge in [0.05, 0.1) is 11.9 Å². The Morgan fingerprint density at radius 3 is 2.48 bits per heavy atom. The van der Waals surface area contributed by atoms with E-state index in [9.17, 15) is 8.42 Å². The fraction of sp³-hybridized carbons (Fsp3) is 0.947. The molecule has 8 nitrogen and oxygen atoms in total. The molecule has 29 heavy (non-hydrogen) atoms. The van der Waals surface area contributed by atoms with Crippen LogP contribution in [0, 0.1) is 0 Å². The summed E-state index contributed by atoms with van der Waals surface area (Å²) >= 11 is 0. The van der Waals surface area contributed by atoms with Crippen molar-refractivity contribution in [1.82, 2.24) is 20.3 Å². The molecule has 0 aromatic rings. The number of hydrogen-bond donors (Lipinski definition) is 3. The van der Waals surface area contributed by atoms with E-state index >= 15 is 0 Å². The Kier molecular flexibility index (Phi) is 12.3. The van der Waals surface area contributed by atoms with Crippen molar-refractivity contribution in [3.63, 3.8) is 0 Å². The fourth-order valence-corrected chi connectivity index (χ4v) is 4.65.